The summed E-state index contributed by atoms with van der Waals surface area (Å²) in [5, 5.41) is 0. The van der Waals surface area contributed by atoms with Gasteiger partial charge in [-0.15, -0.1) is 0 Å². The van der Waals surface area contributed by atoms with Crippen LogP contribution in [0.1, 0.15) is 40.9 Å². The van der Waals surface area contributed by atoms with E-state index >= 15 is 0 Å². The second-order valence-electron chi connectivity index (χ2n) is 16.9. The minimum Gasteiger partial charge on any atom is -0.208 e. The molecule has 2 aliphatic carbocycles. The molecule has 2 aromatic heterocycles. The fraction of sp³-hybridized carbons (Fsp3) is 0.0492. The number of fused-ring (bicyclic) bond motifs is 3. The minimum atomic E-state index is -0.676. The summed E-state index contributed by atoms with van der Waals surface area (Å²) >= 11 is 0. The van der Waals surface area contributed by atoms with E-state index in [-0.39, 0.29) is 0 Å². The number of allylic oxidation sites excluding steroid dienone is 4. The van der Waals surface area contributed by atoms with Crippen LogP contribution >= 0.6 is 0 Å². The quantitative estimate of drug-likeness (QED) is 0.144. The first kappa shape index (κ1) is 39.8. The fourth-order valence-corrected chi connectivity index (χ4v) is 9.76. The molecule has 0 bridgehead atoms. The highest BCUT2D eigenvalue weighted by atomic mass is 15.1. The van der Waals surface area contributed by atoms with E-state index in [1.54, 1.807) is 0 Å². The first-order chi connectivity index (χ1) is 33.2. The Morgan fingerprint density at radius 1 is 0.299 bits per heavy atom. The second kappa shape index (κ2) is 17.0. The normalized spacial score (nSPS) is 13.4. The third kappa shape index (κ3) is 7.16. The van der Waals surface area contributed by atoms with Crippen molar-refractivity contribution in [3.05, 3.63) is 259 Å². The van der Waals surface area contributed by atoms with Crippen molar-refractivity contribution in [3.63, 3.8) is 0 Å². The molecule has 8 aromatic carbocycles. The Kier molecular flexibility index (Phi) is 10.1. The monoisotopic (exact) mass is 858 g/mol. The molecule has 2 aliphatic rings. The maximum Gasteiger partial charge on any atom is 0.164 e. The Balaban J connectivity index is 1.17. The lowest BCUT2D eigenvalue weighted by Gasteiger charge is -2.34. The van der Waals surface area contributed by atoms with Crippen LogP contribution in [0.4, 0.5) is 0 Å². The second-order valence-corrected chi connectivity index (χ2v) is 16.9. The lowest BCUT2D eigenvalue weighted by Crippen LogP contribution is -2.28. The number of aromatic nitrogens is 6. The van der Waals surface area contributed by atoms with E-state index in [9.17, 15) is 0 Å². The van der Waals surface area contributed by atoms with Crippen molar-refractivity contribution in [2.75, 3.05) is 0 Å². The maximum atomic E-state index is 5.43. The van der Waals surface area contributed by atoms with Crippen molar-refractivity contribution >= 4 is 5.57 Å². The number of nitrogens with zero attached hydrogens (tertiary/aromatic N) is 6. The van der Waals surface area contributed by atoms with E-state index in [4.69, 9.17) is 29.9 Å². The summed E-state index contributed by atoms with van der Waals surface area (Å²) in [5.41, 5.74) is 13.7. The van der Waals surface area contributed by atoms with Gasteiger partial charge in [0.25, 0.3) is 0 Å². The van der Waals surface area contributed by atoms with Crippen LogP contribution in [0, 0.1) is 0 Å². The van der Waals surface area contributed by atoms with E-state index < -0.39 is 5.41 Å². The summed E-state index contributed by atoms with van der Waals surface area (Å²) in [6.45, 7) is 0. The van der Waals surface area contributed by atoms with Crippen LogP contribution in [-0.4, -0.2) is 29.9 Å². The van der Waals surface area contributed by atoms with Gasteiger partial charge >= 0.3 is 0 Å². The highest BCUT2D eigenvalue weighted by molar-refractivity contribution is 5.93. The fourth-order valence-electron chi connectivity index (χ4n) is 9.76. The molecule has 0 spiro atoms. The molecule has 67 heavy (non-hydrogen) atoms. The van der Waals surface area contributed by atoms with Crippen LogP contribution in [0.3, 0.4) is 0 Å². The smallest absolute Gasteiger partial charge is 0.164 e. The average Bonchev–Trinajstić information content (AvgIpc) is 3.72. The molecule has 6 nitrogen and oxygen atoms in total. The van der Waals surface area contributed by atoms with Crippen LogP contribution in [-0.2, 0) is 5.41 Å². The molecule has 0 N–H and O–H groups in total. The molecule has 0 fully saturated rings. The van der Waals surface area contributed by atoms with Gasteiger partial charge in [-0.2, -0.15) is 0 Å². The molecule has 0 saturated heterocycles. The summed E-state index contributed by atoms with van der Waals surface area (Å²) in [6, 6.07) is 74.2. The SMILES string of the molecule is C1=CC(c2nc(-c3ccccc3)nc(-c3cc4c(cc3-c3nc(-c5ccccc5)nc(-c5ccc(-c6ccccc6)cc5)n3)C(c3ccccc3)(c3ccccc3)c3ccccc3-4)n2)=CCC1. The maximum absolute atomic E-state index is 5.43. The lowest BCUT2D eigenvalue weighted by atomic mass is 9.67. The summed E-state index contributed by atoms with van der Waals surface area (Å²) in [4.78, 5) is 31.8. The molecular formula is C61H42N6. The Bertz CT molecular complexity index is 3440. The zero-order valence-electron chi connectivity index (χ0n) is 36.5. The zero-order chi connectivity index (χ0) is 44.6. The van der Waals surface area contributed by atoms with Gasteiger partial charge in [0.1, 0.15) is 0 Å². The molecule has 0 amide bonds. The van der Waals surface area contributed by atoms with Crippen molar-refractivity contribution in [2.45, 2.75) is 18.3 Å². The molecule has 316 valence electrons. The molecule has 0 radical (unpaired) electrons. The van der Waals surface area contributed by atoms with Crippen molar-refractivity contribution in [2.24, 2.45) is 0 Å². The van der Waals surface area contributed by atoms with E-state index in [0.29, 0.717) is 34.9 Å². The lowest BCUT2D eigenvalue weighted by molar-refractivity contribution is 0.768. The molecule has 0 unspecified atom stereocenters. The first-order valence-corrected chi connectivity index (χ1v) is 22.8. The van der Waals surface area contributed by atoms with Crippen molar-refractivity contribution in [3.8, 4) is 79.2 Å². The van der Waals surface area contributed by atoms with Crippen LogP contribution < -0.4 is 0 Å². The van der Waals surface area contributed by atoms with Crippen LogP contribution in [0.25, 0.3) is 84.8 Å². The van der Waals surface area contributed by atoms with Gasteiger partial charge in [-0.25, -0.2) is 29.9 Å². The van der Waals surface area contributed by atoms with Gasteiger partial charge in [0, 0.05) is 33.4 Å². The van der Waals surface area contributed by atoms with E-state index in [2.05, 4.69) is 176 Å². The third-order valence-electron chi connectivity index (χ3n) is 12.9. The van der Waals surface area contributed by atoms with Gasteiger partial charge in [-0.1, -0.05) is 218 Å². The van der Waals surface area contributed by atoms with E-state index in [1.807, 2.05) is 54.6 Å². The highest BCUT2D eigenvalue weighted by Gasteiger charge is 2.47. The first-order valence-electron chi connectivity index (χ1n) is 22.8. The van der Waals surface area contributed by atoms with Crippen molar-refractivity contribution in [1.82, 2.24) is 29.9 Å². The molecule has 0 atom stereocenters. The molecule has 2 heterocycles. The van der Waals surface area contributed by atoms with Crippen molar-refractivity contribution < 1.29 is 0 Å². The van der Waals surface area contributed by atoms with Gasteiger partial charge in [0.15, 0.2) is 34.9 Å². The number of benzene rings is 8. The number of rotatable bonds is 9. The van der Waals surface area contributed by atoms with E-state index in [1.165, 1.54) is 5.56 Å². The van der Waals surface area contributed by atoms with Crippen LogP contribution in [0.5, 0.6) is 0 Å². The summed E-state index contributed by atoms with van der Waals surface area (Å²) < 4.78 is 0. The largest absolute Gasteiger partial charge is 0.208 e. The molecular weight excluding hydrogens is 817 g/mol. The van der Waals surface area contributed by atoms with Gasteiger partial charge in [0.05, 0.1) is 5.41 Å². The Labute approximate surface area is 389 Å². The van der Waals surface area contributed by atoms with Crippen molar-refractivity contribution in [1.29, 1.82) is 0 Å². The van der Waals surface area contributed by atoms with Gasteiger partial charge in [-0.05, 0) is 69.5 Å². The molecule has 10 aromatic rings. The molecule has 0 saturated carbocycles. The molecule has 6 heteroatoms. The zero-order valence-corrected chi connectivity index (χ0v) is 36.5. The predicted octanol–water partition coefficient (Wildman–Crippen LogP) is 14.2. The van der Waals surface area contributed by atoms with Gasteiger partial charge in [0.2, 0.25) is 0 Å². The highest BCUT2D eigenvalue weighted by Crippen LogP contribution is 2.57. The van der Waals surface area contributed by atoms with Gasteiger partial charge in [-0.3, -0.25) is 0 Å². The number of hydrogen-bond donors (Lipinski definition) is 0. The predicted molar refractivity (Wildman–Crippen MR) is 269 cm³/mol. The average molecular weight is 859 g/mol. The Morgan fingerprint density at radius 3 is 1.27 bits per heavy atom. The van der Waals surface area contributed by atoms with E-state index in [0.717, 1.165) is 85.2 Å². The topological polar surface area (TPSA) is 77.3 Å². The molecule has 12 rings (SSSR count). The number of hydrogen-bond acceptors (Lipinski definition) is 6. The standard InChI is InChI=1S/C61H42N6/c1-7-21-41(22-8-1)42-35-37-46(38-36-42)58-63-57(45-27-13-4-14-28-45)66-60(67-58)52-40-54-50(49-33-19-20-34-53(49)61(54,47-29-15-5-16-30-47)48-31-17-6-18-32-48)39-51(52)59-64-55(43-23-9-2-10-24-43)62-56(65-59)44-25-11-3-12-26-44/h1-2,4-11,13-40H,3,12H2. The summed E-state index contributed by atoms with van der Waals surface area (Å²) in [6.07, 6.45) is 8.42. The van der Waals surface area contributed by atoms with Gasteiger partial charge < -0.3 is 0 Å². The summed E-state index contributed by atoms with van der Waals surface area (Å²) in [7, 11) is 0. The molecule has 0 aliphatic heterocycles. The van der Waals surface area contributed by atoms with Crippen LogP contribution in [0.2, 0.25) is 0 Å². The third-order valence-corrected chi connectivity index (χ3v) is 12.9. The minimum absolute atomic E-state index is 0.514. The van der Waals surface area contributed by atoms with Crippen LogP contribution in [0.15, 0.2) is 231 Å². The Morgan fingerprint density at radius 2 is 0.716 bits per heavy atom. The summed E-state index contributed by atoms with van der Waals surface area (Å²) in [5.74, 6) is 3.39. The Hall–Kier alpha value is -8.74.